The molecule has 0 N–H and O–H groups in total. The Bertz CT molecular complexity index is 307. The van der Waals surface area contributed by atoms with Crippen LogP contribution in [0.15, 0.2) is 0 Å². The van der Waals surface area contributed by atoms with Gasteiger partial charge in [-0.3, -0.25) is 0 Å². The maximum absolute atomic E-state index is 9.30. The van der Waals surface area contributed by atoms with Crippen molar-refractivity contribution in [1.82, 2.24) is 0 Å². The minimum Gasteiger partial charge on any atom is -0.374 e. The minimum atomic E-state index is -2.63. The Morgan fingerprint density at radius 2 is 1.70 bits per heavy atom. The van der Waals surface area contributed by atoms with Gasteiger partial charge in [0, 0.05) is 19.8 Å². The van der Waals surface area contributed by atoms with E-state index in [1.165, 1.54) is 19.3 Å². The summed E-state index contributed by atoms with van der Waals surface area (Å²) in [5.74, 6) is 0.344. The highest BCUT2D eigenvalue weighted by Crippen LogP contribution is 2.33. The van der Waals surface area contributed by atoms with Crippen LogP contribution in [-0.2, 0) is 13.3 Å². The second-order valence-electron chi connectivity index (χ2n) is 5.63. The Balaban J connectivity index is 2.78. The van der Waals surface area contributed by atoms with Crippen LogP contribution in [0.4, 0.5) is 0 Å². The van der Waals surface area contributed by atoms with Crippen LogP contribution < -0.4 is 0 Å². The highest BCUT2D eigenvalue weighted by molar-refractivity contribution is 6.59. The van der Waals surface area contributed by atoms with Crippen LogP contribution in [0.5, 0.6) is 0 Å². The van der Waals surface area contributed by atoms with Crippen LogP contribution in [0.1, 0.15) is 52.9 Å². The molecule has 116 valence electrons. The van der Waals surface area contributed by atoms with Gasteiger partial charge < -0.3 is 13.3 Å². The first-order valence-electron chi connectivity index (χ1n) is 7.91. The molecule has 0 aliphatic heterocycles. The average molecular weight is 299 g/mol. The predicted octanol–water partition coefficient (Wildman–Crippen LogP) is 3.75. The van der Waals surface area contributed by atoms with Crippen molar-refractivity contribution in [2.45, 2.75) is 65.5 Å². The highest BCUT2D eigenvalue weighted by atomic mass is 28.4. The van der Waals surface area contributed by atoms with E-state index in [9.17, 15) is 5.26 Å². The molecule has 0 aromatic rings. The van der Waals surface area contributed by atoms with E-state index in [0.717, 1.165) is 12.8 Å². The van der Waals surface area contributed by atoms with E-state index in [2.05, 4.69) is 6.07 Å². The first-order chi connectivity index (χ1) is 9.56. The largest absolute Gasteiger partial charge is 0.497 e. The van der Waals surface area contributed by atoms with Crippen molar-refractivity contribution in [2.24, 2.45) is 11.8 Å². The van der Waals surface area contributed by atoms with E-state index in [1.807, 2.05) is 27.3 Å². The van der Waals surface area contributed by atoms with E-state index in [1.54, 1.807) is 0 Å². The topological polar surface area (TPSA) is 51.5 Å². The maximum Gasteiger partial charge on any atom is 0.497 e. The van der Waals surface area contributed by atoms with E-state index in [0.29, 0.717) is 19.1 Å². The second kappa shape index (κ2) is 8.78. The van der Waals surface area contributed by atoms with E-state index in [-0.39, 0.29) is 12.0 Å². The van der Waals surface area contributed by atoms with Crippen LogP contribution >= 0.6 is 0 Å². The fraction of sp³-hybridized carbons (Fsp3) is 0.933. The van der Waals surface area contributed by atoms with Crippen molar-refractivity contribution in [1.29, 1.82) is 5.26 Å². The van der Waals surface area contributed by atoms with E-state index < -0.39 is 8.80 Å². The second-order valence-corrected chi connectivity index (χ2v) is 8.16. The number of rotatable bonds is 8. The van der Waals surface area contributed by atoms with E-state index in [4.69, 9.17) is 13.3 Å². The van der Waals surface area contributed by atoms with Gasteiger partial charge in [-0.1, -0.05) is 19.3 Å². The molecule has 1 aliphatic carbocycles. The Kier molecular flexibility index (Phi) is 7.74. The Labute approximate surface area is 124 Å². The number of nitriles is 1. The molecule has 0 saturated heterocycles. The molecule has 1 rings (SSSR count). The summed E-state index contributed by atoms with van der Waals surface area (Å²) in [4.78, 5) is 0. The van der Waals surface area contributed by atoms with Crippen LogP contribution in [0.2, 0.25) is 6.55 Å². The van der Waals surface area contributed by atoms with Gasteiger partial charge in [-0.2, -0.15) is 5.26 Å². The molecule has 0 radical (unpaired) electrons. The number of hydrogen-bond acceptors (Lipinski definition) is 4. The minimum absolute atomic E-state index is 0.0601. The molecule has 4 nitrogen and oxygen atoms in total. The molecule has 5 heteroatoms. The van der Waals surface area contributed by atoms with Crippen molar-refractivity contribution < 1.29 is 13.3 Å². The lowest BCUT2D eigenvalue weighted by molar-refractivity contribution is -0.00857. The Morgan fingerprint density at radius 1 is 1.15 bits per heavy atom. The van der Waals surface area contributed by atoms with Crippen molar-refractivity contribution in [2.75, 3.05) is 13.2 Å². The highest BCUT2D eigenvalue weighted by Gasteiger charge is 2.41. The van der Waals surface area contributed by atoms with Gasteiger partial charge in [-0.05, 0) is 39.5 Å². The fourth-order valence-corrected chi connectivity index (χ4v) is 5.18. The van der Waals surface area contributed by atoms with Gasteiger partial charge >= 0.3 is 8.80 Å². The molecule has 1 aliphatic rings. The third kappa shape index (κ3) is 5.17. The van der Waals surface area contributed by atoms with Crippen LogP contribution in [0.25, 0.3) is 0 Å². The standard InChI is InChI=1S/C15H29NO3Si/c1-5-17-20(4,18-6-2)19-15(13(3)12-16)14-10-8-7-9-11-14/h13-15H,5-11H2,1-4H3/t13-,15+/m1/s1. The zero-order chi connectivity index (χ0) is 15.0. The Morgan fingerprint density at radius 3 is 2.15 bits per heavy atom. The summed E-state index contributed by atoms with van der Waals surface area (Å²) in [7, 11) is -2.63. The summed E-state index contributed by atoms with van der Waals surface area (Å²) < 4.78 is 17.8. The van der Waals surface area contributed by atoms with Crippen molar-refractivity contribution in [3.8, 4) is 6.07 Å². The van der Waals surface area contributed by atoms with Crippen LogP contribution in [-0.4, -0.2) is 28.1 Å². The lowest BCUT2D eigenvalue weighted by Gasteiger charge is -2.37. The molecule has 1 saturated carbocycles. The smallest absolute Gasteiger partial charge is 0.374 e. The summed E-state index contributed by atoms with van der Waals surface area (Å²) in [5, 5.41) is 9.30. The summed E-state index contributed by atoms with van der Waals surface area (Å²) >= 11 is 0. The first-order valence-corrected chi connectivity index (χ1v) is 10.1. The van der Waals surface area contributed by atoms with Gasteiger partial charge in [0.05, 0.1) is 18.1 Å². The van der Waals surface area contributed by atoms with Gasteiger partial charge in [0.1, 0.15) is 0 Å². The molecule has 0 unspecified atom stereocenters. The summed E-state index contributed by atoms with van der Waals surface area (Å²) in [5.41, 5.74) is 0. The molecule has 0 amide bonds. The molecule has 0 aromatic carbocycles. The average Bonchev–Trinajstić information content (AvgIpc) is 2.45. The molecular weight excluding hydrogens is 270 g/mol. The molecular formula is C15H29NO3Si. The summed E-state index contributed by atoms with van der Waals surface area (Å²) in [6, 6.07) is 2.36. The van der Waals surface area contributed by atoms with Crippen LogP contribution in [0.3, 0.4) is 0 Å². The monoisotopic (exact) mass is 299 g/mol. The molecule has 20 heavy (non-hydrogen) atoms. The predicted molar refractivity (Wildman–Crippen MR) is 81.1 cm³/mol. The Hall–Kier alpha value is -0.413. The van der Waals surface area contributed by atoms with Gasteiger partial charge in [-0.15, -0.1) is 0 Å². The molecule has 0 heterocycles. The maximum atomic E-state index is 9.30. The molecule has 0 aromatic heterocycles. The summed E-state index contributed by atoms with van der Waals surface area (Å²) in [6.07, 6.45) is 6.03. The summed E-state index contributed by atoms with van der Waals surface area (Å²) in [6.45, 7) is 8.97. The van der Waals surface area contributed by atoms with Crippen LogP contribution in [0, 0.1) is 23.2 Å². The third-order valence-corrected chi connectivity index (χ3v) is 6.30. The van der Waals surface area contributed by atoms with Crippen molar-refractivity contribution in [3.05, 3.63) is 0 Å². The van der Waals surface area contributed by atoms with Gasteiger partial charge in [0.15, 0.2) is 0 Å². The first kappa shape index (κ1) is 17.6. The molecule has 2 atom stereocenters. The molecule has 0 spiro atoms. The van der Waals surface area contributed by atoms with Crippen molar-refractivity contribution >= 4 is 8.80 Å². The van der Waals surface area contributed by atoms with Gasteiger partial charge in [0.25, 0.3) is 0 Å². The third-order valence-electron chi connectivity index (χ3n) is 3.97. The zero-order valence-corrected chi connectivity index (χ0v) is 14.4. The number of nitrogens with zero attached hydrogens (tertiary/aromatic N) is 1. The van der Waals surface area contributed by atoms with Crippen molar-refractivity contribution in [3.63, 3.8) is 0 Å². The SMILES string of the molecule is CCO[Si](C)(OCC)O[C@H](C1CCCCC1)[C@H](C)C#N. The number of hydrogen-bond donors (Lipinski definition) is 0. The normalized spacial score (nSPS) is 20.4. The molecule has 0 bridgehead atoms. The fourth-order valence-electron chi connectivity index (χ4n) is 3.02. The van der Waals surface area contributed by atoms with Gasteiger partial charge in [0.2, 0.25) is 0 Å². The lowest BCUT2D eigenvalue weighted by Crippen LogP contribution is -2.49. The zero-order valence-electron chi connectivity index (χ0n) is 13.4. The van der Waals surface area contributed by atoms with Gasteiger partial charge in [-0.25, -0.2) is 0 Å². The molecule has 1 fully saturated rings. The quantitative estimate of drug-likeness (QED) is 0.640. The van der Waals surface area contributed by atoms with E-state index >= 15 is 0 Å². The lowest BCUT2D eigenvalue weighted by atomic mass is 9.81.